The lowest BCUT2D eigenvalue weighted by atomic mass is 9.87. The lowest BCUT2D eigenvalue weighted by Crippen LogP contribution is -2.49. The fraction of sp³-hybridized carbons (Fsp3) is 0.375. The predicted octanol–water partition coefficient (Wildman–Crippen LogP) is 2.71. The Morgan fingerprint density at radius 1 is 1.00 bits per heavy atom. The van der Waals surface area contributed by atoms with E-state index in [0.717, 1.165) is 13.1 Å². The van der Waals surface area contributed by atoms with Gasteiger partial charge in [-0.3, -0.25) is 14.9 Å². The van der Waals surface area contributed by atoms with E-state index in [9.17, 15) is 14.4 Å². The van der Waals surface area contributed by atoms with Crippen molar-refractivity contribution in [1.29, 1.82) is 0 Å². The van der Waals surface area contributed by atoms with E-state index in [4.69, 9.17) is 0 Å². The molecule has 2 aromatic rings. The topological polar surface area (TPSA) is 81.8 Å². The van der Waals surface area contributed by atoms with E-state index < -0.39 is 11.6 Å². The Morgan fingerprint density at radius 3 is 2.23 bits per heavy atom. The van der Waals surface area contributed by atoms with Gasteiger partial charge >= 0.3 is 6.03 Å². The average molecular weight is 421 g/mol. The van der Waals surface area contributed by atoms with Crippen LogP contribution in [-0.2, 0) is 10.3 Å². The van der Waals surface area contributed by atoms with Crippen molar-refractivity contribution in [3.8, 4) is 0 Å². The molecule has 0 saturated carbocycles. The molecule has 31 heavy (non-hydrogen) atoms. The van der Waals surface area contributed by atoms with Crippen LogP contribution in [0.15, 0.2) is 42.5 Å². The maximum absolute atomic E-state index is 13.0. The molecule has 2 saturated heterocycles. The molecule has 0 radical (unpaired) electrons. The number of benzene rings is 2. The molecule has 2 aliphatic rings. The Balaban J connectivity index is 1.44. The minimum Gasteiger partial charge on any atom is -0.368 e. The van der Waals surface area contributed by atoms with Gasteiger partial charge in [0.1, 0.15) is 5.54 Å². The summed E-state index contributed by atoms with van der Waals surface area (Å²) in [4.78, 5) is 41.2. The number of nitrogens with one attached hydrogen (secondary N) is 2. The molecule has 2 aliphatic heterocycles. The second kappa shape index (κ2) is 8.06. The first kappa shape index (κ1) is 20.9. The van der Waals surface area contributed by atoms with Crippen molar-refractivity contribution >= 4 is 23.5 Å². The van der Waals surface area contributed by atoms with Gasteiger partial charge in [0, 0.05) is 37.4 Å². The largest absolute Gasteiger partial charge is 0.368 e. The summed E-state index contributed by atoms with van der Waals surface area (Å²) in [5.41, 5.74) is 3.91. The van der Waals surface area contributed by atoms with Crippen LogP contribution in [0, 0.1) is 13.8 Å². The summed E-state index contributed by atoms with van der Waals surface area (Å²) in [6.45, 7) is 8.96. The van der Waals surface area contributed by atoms with Gasteiger partial charge < -0.3 is 15.1 Å². The van der Waals surface area contributed by atoms with Crippen LogP contribution in [0.3, 0.4) is 0 Å². The van der Waals surface area contributed by atoms with Crippen LogP contribution in [0.1, 0.15) is 40.4 Å². The maximum atomic E-state index is 13.0. The minimum absolute atomic E-state index is 0.0164. The highest BCUT2D eigenvalue weighted by molar-refractivity contribution is 6.07. The van der Waals surface area contributed by atoms with Gasteiger partial charge in [0.05, 0.1) is 0 Å². The van der Waals surface area contributed by atoms with Gasteiger partial charge in [-0.2, -0.15) is 0 Å². The van der Waals surface area contributed by atoms with E-state index in [-0.39, 0.29) is 11.8 Å². The second-order valence-electron chi connectivity index (χ2n) is 8.31. The number of rotatable bonds is 4. The van der Waals surface area contributed by atoms with E-state index >= 15 is 0 Å². The summed E-state index contributed by atoms with van der Waals surface area (Å²) in [7, 11) is 0. The van der Waals surface area contributed by atoms with Crippen molar-refractivity contribution in [3.63, 3.8) is 0 Å². The number of hydrogen-bond donors (Lipinski definition) is 2. The molecule has 0 unspecified atom stereocenters. The van der Waals surface area contributed by atoms with Crippen molar-refractivity contribution in [1.82, 2.24) is 15.5 Å². The smallest absolute Gasteiger partial charge is 0.322 e. The predicted molar refractivity (Wildman–Crippen MR) is 119 cm³/mol. The number of carbonyl (C=O) groups excluding carboxylic acids is 3. The first-order valence-corrected chi connectivity index (χ1v) is 10.7. The zero-order valence-electron chi connectivity index (χ0n) is 18.2. The van der Waals surface area contributed by atoms with E-state index in [2.05, 4.69) is 47.6 Å². The molecule has 0 aliphatic carbocycles. The second-order valence-corrected chi connectivity index (χ2v) is 8.31. The van der Waals surface area contributed by atoms with Crippen LogP contribution in [-0.4, -0.2) is 48.9 Å². The van der Waals surface area contributed by atoms with Crippen LogP contribution >= 0.6 is 0 Å². The van der Waals surface area contributed by atoms with Crippen LogP contribution in [0.2, 0.25) is 0 Å². The zero-order valence-corrected chi connectivity index (χ0v) is 18.2. The number of carbonyl (C=O) groups is 3. The van der Waals surface area contributed by atoms with Crippen molar-refractivity contribution in [2.75, 3.05) is 31.1 Å². The molecule has 1 atom stereocenters. The van der Waals surface area contributed by atoms with Crippen molar-refractivity contribution in [2.24, 2.45) is 0 Å². The quantitative estimate of drug-likeness (QED) is 0.746. The zero-order chi connectivity index (χ0) is 22.2. The third-order valence-corrected chi connectivity index (χ3v) is 6.36. The summed E-state index contributed by atoms with van der Waals surface area (Å²) in [6.07, 6.45) is 0.429. The SMILES string of the molecule is CC[C@@]1(c2ccc(C(=O)N3CCN(c4ccc(C)cc4C)CC3)cc2)NC(=O)NC1=O. The molecule has 7 nitrogen and oxygen atoms in total. The molecule has 0 bridgehead atoms. The molecular formula is C24H28N4O3. The molecule has 2 N–H and O–H groups in total. The van der Waals surface area contributed by atoms with E-state index in [0.29, 0.717) is 30.6 Å². The molecule has 0 aromatic heterocycles. The number of anilines is 1. The Morgan fingerprint density at radius 2 is 1.68 bits per heavy atom. The summed E-state index contributed by atoms with van der Waals surface area (Å²) in [6, 6.07) is 13.0. The minimum atomic E-state index is -1.07. The lowest BCUT2D eigenvalue weighted by Gasteiger charge is -2.37. The number of urea groups is 1. The monoisotopic (exact) mass is 420 g/mol. The Bertz CT molecular complexity index is 1030. The summed E-state index contributed by atoms with van der Waals surface area (Å²) >= 11 is 0. The van der Waals surface area contributed by atoms with Gasteiger partial charge in [-0.1, -0.05) is 36.8 Å². The third-order valence-electron chi connectivity index (χ3n) is 6.36. The molecule has 2 fully saturated rings. The molecule has 2 heterocycles. The number of imide groups is 1. The van der Waals surface area contributed by atoms with Gasteiger partial charge in [0.25, 0.3) is 11.8 Å². The Labute approximate surface area is 182 Å². The van der Waals surface area contributed by atoms with Gasteiger partial charge in [-0.15, -0.1) is 0 Å². The standard InChI is InChI=1S/C24H28N4O3/c1-4-24(22(30)25-23(31)26-24)19-8-6-18(7-9-19)21(29)28-13-11-27(12-14-28)20-10-5-16(2)15-17(20)3/h5-10,15H,4,11-14H2,1-3H3,(H2,25,26,30,31)/t24-/m0/s1. The number of piperazine rings is 1. The molecule has 162 valence electrons. The third kappa shape index (κ3) is 3.76. The number of amides is 4. The van der Waals surface area contributed by atoms with Crippen molar-refractivity contribution in [2.45, 2.75) is 32.7 Å². The summed E-state index contributed by atoms with van der Waals surface area (Å²) in [5.74, 6) is -0.376. The van der Waals surface area contributed by atoms with Gasteiger partial charge in [0.15, 0.2) is 0 Å². The average Bonchev–Trinajstić information content (AvgIpc) is 3.07. The van der Waals surface area contributed by atoms with Crippen LogP contribution in [0.4, 0.5) is 10.5 Å². The lowest BCUT2D eigenvalue weighted by molar-refractivity contribution is -0.124. The van der Waals surface area contributed by atoms with Crippen molar-refractivity contribution in [3.05, 3.63) is 64.7 Å². The van der Waals surface area contributed by atoms with E-state index in [1.54, 1.807) is 24.3 Å². The number of hydrogen-bond acceptors (Lipinski definition) is 4. The highest BCUT2D eigenvalue weighted by Gasteiger charge is 2.46. The molecule has 2 aromatic carbocycles. The summed E-state index contributed by atoms with van der Waals surface area (Å²) < 4.78 is 0. The Kier molecular flexibility index (Phi) is 5.43. The molecule has 7 heteroatoms. The van der Waals surface area contributed by atoms with Crippen LogP contribution in [0.25, 0.3) is 0 Å². The van der Waals surface area contributed by atoms with Crippen LogP contribution < -0.4 is 15.5 Å². The molecular weight excluding hydrogens is 392 g/mol. The fourth-order valence-electron chi connectivity index (χ4n) is 4.54. The maximum Gasteiger partial charge on any atom is 0.322 e. The Hall–Kier alpha value is -3.35. The van der Waals surface area contributed by atoms with Gasteiger partial charge in [0.2, 0.25) is 0 Å². The fourth-order valence-corrected chi connectivity index (χ4v) is 4.54. The first-order valence-electron chi connectivity index (χ1n) is 10.7. The number of aryl methyl sites for hydroxylation is 2. The molecule has 0 spiro atoms. The summed E-state index contributed by atoms with van der Waals surface area (Å²) in [5, 5.41) is 5.03. The van der Waals surface area contributed by atoms with Crippen LogP contribution in [0.5, 0.6) is 0 Å². The van der Waals surface area contributed by atoms with Gasteiger partial charge in [-0.05, 0) is 49.6 Å². The van der Waals surface area contributed by atoms with E-state index in [1.807, 2.05) is 11.8 Å². The molecule has 4 rings (SSSR count). The van der Waals surface area contributed by atoms with E-state index in [1.165, 1.54) is 16.8 Å². The van der Waals surface area contributed by atoms with Gasteiger partial charge in [-0.25, -0.2) is 4.79 Å². The normalized spacial score (nSPS) is 21.1. The van der Waals surface area contributed by atoms with Crippen molar-refractivity contribution < 1.29 is 14.4 Å². The first-order chi connectivity index (χ1) is 14.8. The highest BCUT2D eigenvalue weighted by Crippen LogP contribution is 2.29. The highest BCUT2D eigenvalue weighted by atomic mass is 16.2. The number of nitrogens with zero attached hydrogens (tertiary/aromatic N) is 2. The molecule has 4 amide bonds.